The molecule has 0 aliphatic carbocycles. The molecule has 5 nitrogen and oxygen atoms in total. The molecule has 0 bridgehead atoms. The summed E-state index contributed by atoms with van der Waals surface area (Å²) in [7, 11) is 0. The molecule has 0 saturated carbocycles. The third-order valence-corrected chi connectivity index (χ3v) is 5.27. The Morgan fingerprint density at radius 3 is 2.41 bits per heavy atom. The van der Waals surface area contributed by atoms with Crippen LogP contribution in [0.2, 0.25) is 5.02 Å². The SMILES string of the molecule is FC(F)(F)c1cnc(N2CCN(Cc3cn[nH]c3-c3ccccc3)CC2)c(Cl)c1. The van der Waals surface area contributed by atoms with Crippen LogP contribution in [0.15, 0.2) is 48.8 Å². The number of hydrogen-bond donors (Lipinski definition) is 1. The molecule has 1 fully saturated rings. The average Bonchev–Trinajstić information content (AvgIpc) is 3.17. The highest BCUT2D eigenvalue weighted by atomic mass is 35.5. The Bertz CT molecular complexity index is 966. The van der Waals surface area contributed by atoms with E-state index in [1.165, 1.54) is 0 Å². The summed E-state index contributed by atoms with van der Waals surface area (Å²) in [5.74, 6) is 0.396. The van der Waals surface area contributed by atoms with E-state index in [1.807, 2.05) is 41.4 Å². The number of benzene rings is 1. The number of H-pyrrole nitrogens is 1. The molecule has 3 aromatic rings. The van der Waals surface area contributed by atoms with Gasteiger partial charge in [-0.1, -0.05) is 41.9 Å². The van der Waals surface area contributed by atoms with Gasteiger partial charge >= 0.3 is 6.18 Å². The molecule has 1 aliphatic heterocycles. The molecule has 1 N–H and O–H groups in total. The van der Waals surface area contributed by atoms with Crippen molar-refractivity contribution in [1.82, 2.24) is 20.1 Å². The highest BCUT2D eigenvalue weighted by Crippen LogP contribution is 2.34. The van der Waals surface area contributed by atoms with Crippen molar-refractivity contribution in [2.24, 2.45) is 0 Å². The molecule has 0 amide bonds. The number of alkyl halides is 3. The van der Waals surface area contributed by atoms with E-state index in [-0.39, 0.29) is 5.02 Å². The predicted octanol–water partition coefficient (Wildman–Crippen LogP) is 4.47. The molecular formula is C20H19ClF3N5. The molecule has 0 spiro atoms. The first kappa shape index (κ1) is 19.7. The van der Waals surface area contributed by atoms with Gasteiger partial charge in [-0.25, -0.2) is 4.98 Å². The van der Waals surface area contributed by atoms with E-state index in [0.717, 1.165) is 48.7 Å². The minimum Gasteiger partial charge on any atom is -0.353 e. The fourth-order valence-electron chi connectivity index (χ4n) is 3.46. The summed E-state index contributed by atoms with van der Waals surface area (Å²) < 4.78 is 38.4. The maximum absolute atomic E-state index is 12.8. The minimum absolute atomic E-state index is 0.0227. The van der Waals surface area contributed by atoms with Crippen LogP contribution in [0, 0.1) is 0 Å². The summed E-state index contributed by atoms with van der Waals surface area (Å²) in [5, 5.41) is 7.27. The zero-order valence-electron chi connectivity index (χ0n) is 15.5. The topological polar surface area (TPSA) is 48.1 Å². The molecule has 2 aromatic heterocycles. The summed E-state index contributed by atoms with van der Waals surface area (Å²) in [6, 6.07) is 11.0. The van der Waals surface area contributed by atoms with Gasteiger partial charge in [-0.15, -0.1) is 0 Å². The zero-order valence-corrected chi connectivity index (χ0v) is 16.2. The lowest BCUT2D eigenvalue weighted by molar-refractivity contribution is -0.137. The summed E-state index contributed by atoms with van der Waals surface area (Å²) in [6.45, 7) is 3.51. The summed E-state index contributed by atoms with van der Waals surface area (Å²) in [6.07, 6.45) is -1.77. The molecule has 0 unspecified atom stereocenters. The number of aromatic nitrogens is 3. The van der Waals surface area contributed by atoms with Gasteiger partial charge in [-0.2, -0.15) is 18.3 Å². The number of halogens is 4. The third-order valence-electron chi connectivity index (χ3n) is 5.00. The molecule has 152 valence electrons. The van der Waals surface area contributed by atoms with Gasteiger partial charge in [-0.3, -0.25) is 10.00 Å². The van der Waals surface area contributed by atoms with Crippen LogP contribution in [0.25, 0.3) is 11.3 Å². The molecular weight excluding hydrogens is 403 g/mol. The van der Waals surface area contributed by atoms with Crippen LogP contribution >= 0.6 is 11.6 Å². The molecule has 0 radical (unpaired) electrons. The second-order valence-electron chi connectivity index (χ2n) is 6.93. The molecule has 0 atom stereocenters. The molecule has 9 heteroatoms. The van der Waals surface area contributed by atoms with E-state index in [0.29, 0.717) is 18.9 Å². The van der Waals surface area contributed by atoms with Gasteiger partial charge in [0.1, 0.15) is 5.82 Å². The Balaban J connectivity index is 1.40. The van der Waals surface area contributed by atoms with Crippen molar-refractivity contribution >= 4 is 17.4 Å². The molecule has 1 saturated heterocycles. The van der Waals surface area contributed by atoms with E-state index in [4.69, 9.17) is 11.6 Å². The van der Waals surface area contributed by atoms with Gasteiger partial charge < -0.3 is 4.90 Å². The molecule has 1 aromatic carbocycles. The van der Waals surface area contributed by atoms with Crippen molar-refractivity contribution in [3.05, 3.63) is 64.9 Å². The number of aromatic amines is 1. The monoisotopic (exact) mass is 421 g/mol. The first-order chi connectivity index (χ1) is 13.9. The van der Waals surface area contributed by atoms with Crippen molar-refractivity contribution in [1.29, 1.82) is 0 Å². The van der Waals surface area contributed by atoms with Crippen LogP contribution < -0.4 is 4.90 Å². The Labute approximate surface area is 171 Å². The van der Waals surface area contributed by atoms with E-state index in [9.17, 15) is 13.2 Å². The fraction of sp³-hybridized carbons (Fsp3) is 0.300. The standard InChI is InChI=1S/C20H19ClF3N5/c21-17-10-16(20(22,23)24)12-25-19(17)29-8-6-28(7-9-29)13-15-11-26-27-18(15)14-4-2-1-3-5-14/h1-5,10-12H,6-9,13H2,(H,26,27). The van der Waals surface area contributed by atoms with Crippen LogP contribution in [-0.4, -0.2) is 46.3 Å². The Kier molecular flexibility index (Phi) is 5.47. The van der Waals surface area contributed by atoms with Gasteiger partial charge in [0.05, 0.1) is 22.5 Å². The van der Waals surface area contributed by atoms with Crippen molar-refractivity contribution in [3.63, 3.8) is 0 Å². The highest BCUT2D eigenvalue weighted by Gasteiger charge is 2.32. The van der Waals surface area contributed by atoms with E-state index in [2.05, 4.69) is 20.1 Å². The van der Waals surface area contributed by atoms with Gasteiger partial charge in [0.15, 0.2) is 0 Å². The Hall–Kier alpha value is -2.58. The Morgan fingerprint density at radius 1 is 1.03 bits per heavy atom. The molecule has 4 rings (SSSR count). The first-order valence-corrected chi connectivity index (χ1v) is 9.57. The predicted molar refractivity (Wildman–Crippen MR) is 106 cm³/mol. The zero-order chi connectivity index (χ0) is 20.4. The number of nitrogens with zero attached hydrogens (tertiary/aromatic N) is 4. The maximum atomic E-state index is 12.8. The smallest absolute Gasteiger partial charge is 0.353 e. The summed E-state index contributed by atoms with van der Waals surface area (Å²) in [5.41, 5.74) is 2.36. The first-order valence-electron chi connectivity index (χ1n) is 9.19. The van der Waals surface area contributed by atoms with E-state index < -0.39 is 11.7 Å². The number of nitrogens with one attached hydrogen (secondary N) is 1. The normalized spacial score (nSPS) is 15.7. The van der Waals surface area contributed by atoms with Crippen molar-refractivity contribution < 1.29 is 13.2 Å². The van der Waals surface area contributed by atoms with Crippen LogP contribution in [0.5, 0.6) is 0 Å². The lowest BCUT2D eigenvalue weighted by Gasteiger charge is -2.35. The van der Waals surface area contributed by atoms with Crippen molar-refractivity contribution in [2.75, 3.05) is 31.1 Å². The fourth-order valence-corrected chi connectivity index (χ4v) is 3.75. The number of pyridine rings is 1. The number of piperazine rings is 1. The van der Waals surface area contributed by atoms with Gasteiger partial charge in [0.2, 0.25) is 0 Å². The van der Waals surface area contributed by atoms with Gasteiger partial charge in [0, 0.05) is 44.5 Å². The van der Waals surface area contributed by atoms with Crippen LogP contribution in [0.1, 0.15) is 11.1 Å². The van der Waals surface area contributed by atoms with Crippen molar-refractivity contribution in [3.8, 4) is 11.3 Å². The second-order valence-corrected chi connectivity index (χ2v) is 7.33. The van der Waals surface area contributed by atoms with Gasteiger partial charge in [-0.05, 0) is 11.6 Å². The third kappa shape index (κ3) is 4.38. The Morgan fingerprint density at radius 2 is 1.76 bits per heavy atom. The van der Waals surface area contributed by atoms with E-state index >= 15 is 0 Å². The molecule has 3 heterocycles. The lowest BCUT2D eigenvalue weighted by Crippen LogP contribution is -2.46. The highest BCUT2D eigenvalue weighted by molar-refractivity contribution is 6.33. The minimum atomic E-state index is -4.45. The second kappa shape index (κ2) is 8.04. The molecule has 29 heavy (non-hydrogen) atoms. The number of hydrogen-bond acceptors (Lipinski definition) is 4. The van der Waals surface area contributed by atoms with Gasteiger partial charge in [0.25, 0.3) is 0 Å². The molecule has 1 aliphatic rings. The van der Waals surface area contributed by atoms with Crippen molar-refractivity contribution in [2.45, 2.75) is 12.7 Å². The number of rotatable bonds is 4. The number of anilines is 1. The lowest BCUT2D eigenvalue weighted by atomic mass is 10.1. The summed E-state index contributed by atoms with van der Waals surface area (Å²) >= 11 is 6.08. The average molecular weight is 422 g/mol. The maximum Gasteiger partial charge on any atom is 0.417 e. The van der Waals surface area contributed by atoms with Crippen LogP contribution in [0.3, 0.4) is 0 Å². The van der Waals surface area contributed by atoms with Crippen LogP contribution in [0.4, 0.5) is 19.0 Å². The summed E-state index contributed by atoms with van der Waals surface area (Å²) in [4.78, 5) is 8.17. The van der Waals surface area contributed by atoms with E-state index in [1.54, 1.807) is 0 Å². The largest absolute Gasteiger partial charge is 0.417 e. The van der Waals surface area contributed by atoms with Crippen LogP contribution in [-0.2, 0) is 12.7 Å². The quantitative estimate of drug-likeness (QED) is 0.675.